The van der Waals surface area contributed by atoms with E-state index in [9.17, 15) is 19.5 Å². The monoisotopic (exact) mass is 402 g/mol. The number of aliphatic hydroxyl groups is 1. The van der Waals surface area contributed by atoms with Gasteiger partial charge in [0.2, 0.25) is 18.1 Å². The topological polar surface area (TPSA) is 134 Å². The van der Waals surface area contributed by atoms with Crippen LogP contribution in [0.15, 0.2) is 42.0 Å². The van der Waals surface area contributed by atoms with Crippen LogP contribution in [0.3, 0.4) is 0 Å². The Balaban J connectivity index is 1.54. The molecule has 0 radical (unpaired) electrons. The van der Waals surface area contributed by atoms with Crippen molar-refractivity contribution in [1.82, 2.24) is 15.5 Å². The third-order valence-electron chi connectivity index (χ3n) is 4.87. The zero-order valence-corrected chi connectivity index (χ0v) is 16.0. The number of ether oxygens (including phenoxy) is 1. The molecule has 3 unspecified atom stereocenters. The predicted octanol–water partition coefficient (Wildman–Crippen LogP) is -0.988. The molecule has 1 saturated heterocycles. The number of aliphatic hydroxyl groups excluding tert-OH is 1. The number of cyclic esters (lactones) is 1. The molecule has 9 nitrogen and oxygen atoms in total. The molecule has 0 aromatic heterocycles. The van der Waals surface area contributed by atoms with Gasteiger partial charge < -0.3 is 31.1 Å². The summed E-state index contributed by atoms with van der Waals surface area (Å²) in [6.07, 6.45) is 0.870. The fourth-order valence-corrected chi connectivity index (χ4v) is 3.34. The van der Waals surface area contributed by atoms with Gasteiger partial charge in [-0.05, 0) is 17.6 Å². The van der Waals surface area contributed by atoms with Crippen LogP contribution in [0.5, 0.6) is 0 Å². The zero-order valence-electron chi connectivity index (χ0n) is 16.0. The first-order chi connectivity index (χ1) is 13.9. The number of carbonyl (C=O) groups excluding carboxylic acids is 3. The maximum absolute atomic E-state index is 12.5. The third-order valence-corrected chi connectivity index (χ3v) is 4.87. The highest BCUT2D eigenvalue weighted by Crippen LogP contribution is 2.14. The Bertz CT molecular complexity index is 782. The lowest BCUT2D eigenvalue weighted by Crippen LogP contribution is -2.50. The summed E-state index contributed by atoms with van der Waals surface area (Å²) in [5, 5.41) is 15.5. The smallest absolute Gasteiger partial charge is 0.310 e. The zero-order chi connectivity index (χ0) is 20.8. The Morgan fingerprint density at radius 2 is 2.00 bits per heavy atom. The molecular formula is C20H26N4O5. The number of nitrogens with one attached hydrogen (secondary N) is 2. The van der Waals surface area contributed by atoms with Gasteiger partial charge in [-0.2, -0.15) is 0 Å². The van der Waals surface area contributed by atoms with Crippen LogP contribution in [-0.4, -0.2) is 65.8 Å². The Labute approximate surface area is 168 Å². The van der Waals surface area contributed by atoms with Crippen molar-refractivity contribution < 1.29 is 24.2 Å². The maximum atomic E-state index is 12.5. The lowest BCUT2D eigenvalue weighted by Gasteiger charge is -2.24. The Kier molecular flexibility index (Phi) is 6.97. The number of nitrogens with zero attached hydrogens (tertiary/aromatic N) is 1. The van der Waals surface area contributed by atoms with E-state index in [0.717, 1.165) is 11.1 Å². The number of nitrogens with two attached hydrogens (primary N) is 1. The van der Waals surface area contributed by atoms with Gasteiger partial charge in [-0.3, -0.25) is 14.4 Å². The van der Waals surface area contributed by atoms with E-state index in [4.69, 9.17) is 5.73 Å². The fourth-order valence-electron chi connectivity index (χ4n) is 3.34. The largest absolute Gasteiger partial charge is 0.434 e. The summed E-state index contributed by atoms with van der Waals surface area (Å²) in [5.74, 6) is -1.37. The van der Waals surface area contributed by atoms with E-state index in [1.54, 1.807) is 0 Å². The molecule has 1 aromatic rings. The molecule has 9 heteroatoms. The summed E-state index contributed by atoms with van der Waals surface area (Å²) in [6, 6.07) is 8.43. The van der Waals surface area contributed by atoms with Crippen molar-refractivity contribution in [2.24, 2.45) is 5.73 Å². The van der Waals surface area contributed by atoms with E-state index < -0.39 is 30.3 Å². The fraction of sp³-hybridized carbons (Fsp3) is 0.450. The summed E-state index contributed by atoms with van der Waals surface area (Å²) in [4.78, 5) is 37.4. The van der Waals surface area contributed by atoms with Crippen molar-refractivity contribution >= 4 is 17.8 Å². The highest BCUT2D eigenvalue weighted by atomic mass is 16.6. The quantitative estimate of drug-likeness (QED) is 0.340. The minimum atomic E-state index is -1.37. The van der Waals surface area contributed by atoms with Crippen LogP contribution in [0.4, 0.5) is 0 Å². The molecule has 0 saturated carbocycles. The molecule has 2 heterocycles. The summed E-state index contributed by atoms with van der Waals surface area (Å²) in [7, 11) is 0. The van der Waals surface area contributed by atoms with Crippen molar-refractivity contribution in [1.29, 1.82) is 0 Å². The Morgan fingerprint density at radius 1 is 1.24 bits per heavy atom. The standard InChI is InChI=1S/C20H26N4O5/c21-15-7-6-14(10-22-9-13-4-2-1-3-5-13)11-24(19(15)27)12-17(25)23-16-8-18(26)29-20(16)28/h1-6,15-16,20,22,28H,7-12,21H2,(H,23,25). The van der Waals surface area contributed by atoms with Gasteiger partial charge in [0.15, 0.2) is 0 Å². The van der Waals surface area contributed by atoms with Crippen LogP contribution in [0.2, 0.25) is 0 Å². The summed E-state index contributed by atoms with van der Waals surface area (Å²) >= 11 is 0. The number of carbonyl (C=O) groups is 3. The normalized spacial score (nSPS) is 24.7. The minimum absolute atomic E-state index is 0.102. The average molecular weight is 402 g/mol. The number of hydrogen-bond donors (Lipinski definition) is 4. The van der Waals surface area contributed by atoms with Gasteiger partial charge in [0.25, 0.3) is 0 Å². The van der Waals surface area contributed by atoms with Gasteiger partial charge in [-0.1, -0.05) is 36.4 Å². The summed E-state index contributed by atoms with van der Waals surface area (Å²) in [5.41, 5.74) is 8.06. The Hall–Kier alpha value is -2.75. The van der Waals surface area contributed by atoms with Gasteiger partial charge in [0, 0.05) is 19.6 Å². The van der Waals surface area contributed by atoms with Gasteiger partial charge in [0.05, 0.1) is 19.0 Å². The molecule has 2 aliphatic rings. The minimum Gasteiger partial charge on any atom is -0.434 e. The van der Waals surface area contributed by atoms with Crippen LogP contribution < -0.4 is 16.4 Å². The second-order valence-corrected chi connectivity index (χ2v) is 7.25. The maximum Gasteiger partial charge on any atom is 0.310 e. The summed E-state index contributed by atoms with van der Waals surface area (Å²) in [6.45, 7) is 1.33. The molecule has 0 aliphatic carbocycles. The molecular weight excluding hydrogens is 376 g/mol. The first-order valence-electron chi connectivity index (χ1n) is 9.56. The van der Waals surface area contributed by atoms with Crippen molar-refractivity contribution in [3.8, 4) is 0 Å². The molecule has 156 valence electrons. The molecule has 2 amide bonds. The van der Waals surface area contributed by atoms with E-state index >= 15 is 0 Å². The molecule has 2 aliphatic heterocycles. The van der Waals surface area contributed by atoms with Gasteiger partial charge in [-0.15, -0.1) is 0 Å². The lowest BCUT2D eigenvalue weighted by atomic mass is 10.1. The highest BCUT2D eigenvalue weighted by molar-refractivity contribution is 5.88. The van der Waals surface area contributed by atoms with Crippen molar-refractivity contribution in [2.45, 2.75) is 37.8 Å². The molecule has 0 bridgehead atoms. The van der Waals surface area contributed by atoms with Crippen LogP contribution in [0.25, 0.3) is 0 Å². The van der Waals surface area contributed by atoms with Gasteiger partial charge in [0.1, 0.15) is 6.04 Å². The first-order valence-corrected chi connectivity index (χ1v) is 9.56. The second-order valence-electron chi connectivity index (χ2n) is 7.25. The number of rotatable bonds is 7. The van der Waals surface area contributed by atoms with Crippen LogP contribution in [0, 0.1) is 0 Å². The van der Waals surface area contributed by atoms with Gasteiger partial charge >= 0.3 is 5.97 Å². The second kappa shape index (κ2) is 9.64. The molecule has 3 rings (SSSR count). The SMILES string of the molecule is NC1CC=C(CNCc2ccccc2)CN(CC(=O)NC2CC(=O)OC2O)C1=O. The number of esters is 1. The van der Waals surface area contributed by atoms with Crippen LogP contribution in [-0.2, 0) is 25.7 Å². The van der Waals surface area contributed by atoms with Crippen molar-refractivity contribution in [2.75, 3.05) is 19.6 Å². The van der Waals surface area contributed by atoms with Gasteiger partial charge in [-0.25, -0.2) is 0 Å². The molecule has 3 atom stereocenters. The average Bonchev–Trinajstić information content (AvgIpc) is 2.94. The van der Waals surface area contributed by atoms with Crippen molar-refractivity contribution in [3.63, 3.8) is 0 Å². The summed E-state index contributed by atoms with van der Waals surface area (Å²) < 4.78 is 4.60. The molecule has 1 aromatic carbocycles. The predicted molar refractivity (Wildman–Crippen MR) is 104 cm³/mol. The third kappa shape index (κ3) is 5.86. The van der Waals surface area contributed by atoms with E-state index in [1.807, 2.05) is 36.4 Å². The van der Waals surface area contributed by atoms with Crippen LogP contribution >= 0.6 is 0 Å². The number of amides is 2. The van der Waals surface area contributed by atoms with E-state index in [0.29, 0.717) is 19.5 Å². The molecule has 0 spiro atoms. The number of benzene rings is 1. The van der Waals surface area contributed by atoms with E-state index in [-0.39, 0.29) is 25.4 Å². The lowest BCUT2D eigenvalue weighted by molar-refractivity contribution is -0.155. The van der Waals surface area contributed by atoms with E-state index in [2.05, 4.69) is 15.4 Å². The molecule has 5 N–H and O–H groups in total. The molecule has 29 heavy (non-hydrogen) atoms. The highest BCUT2D eigenvalue weighted by Gasteiger charge is 2.35. The molecule has 1 fully saturated rings. The van der Waals surface area contributed by atoms with Crippen molar-refractivity contribution in [3.05, 3.63) is 47.5 Å². The van der Waals surface area contributed by atoms with Crippen LogP contribution in [0.1, 0.15) is 18.4 Å². The first kappa shape index (κ1) is 21.0. The Morgan fingerprint density at radius 3 is 2.69 bits per heavy atom. The number of hydrogen-bond acceptors (Lipinski definition) is 7. The van der Waals surface area contributed by atoms with E-state index in [1.165, 1.54) is 4.90 Å².